The van der Waals surface area contributed by atoms with E-state index in [4.69, 9.17) is 0 Å². The van der Waals surface area contributed by atoms with Gasteiger partial charge in [-0.1, -0.05) is 12.8 Å². The van der Waals surface area contributed by atoms with Crippen molar-refractivity contribution in [2.45, 2.75) is 44.6 Å². The molecule has 0 aromatic carbocycles. The topological polar surface area (TPSA) is 39.7 Å². The van der Waals surface area contributed by atoms with Crippen LogP contribution in [0.4, 0.5) is 5.00 Å². The molecule has 3 rings (SSSR count). The maximum atomic E-state index is 4.37. The number of hydrogen-bond acceptors (Lipinski definition) is 3. The summed E-state index contributed by atoms with van der Waals surface area (Å²) in [7, 11) is 1.87. The summed E-state index contributed by atoms with van der Waals surface area (Å²) in [6.07, 6.45) is 7.91. The standard InChI is InChI=1S/C17H28N4S/c1-18-17(19-10-2-4-14-6-7-14)20-15-8-11-21(12-9-15)16-5-3-13-22-16/h3,5,13-15H,2,4,6-12H2,1H3,(H2,18,19,20). The maximum absolute atomic E-state index is 4.37. The van der Waals surface area contributed by atoms with Crippen LogP contribution in [-0.4, -0.2) is 38.7 Å². The molecule has 0 radical (unpaired) electrons. The molecule has 0 spiro atoms. The fourth-order valence-electron chi connectivity index (χ4n) is 3.09. The van der Waals surface area contributed by atoms with Crippen LogP contribution in [0, 0.1) is 5.92 Å². The first-order valence-corrected chi connectivity index (χ1v) is 9.49. The van der Waals surface area contributed by atoms with Gasteiger partial charge in [0.15, 0.2) is 5.96 Å². The van der Waals surface area contributed by atoms with Crippen molar-refractivity contribution in [1.82, 2.24) is 10.6 Å². The van der Waals surface area contributed by atoms with Gasteiger partial charge in [0.1, 0.15) is 0 Å². The fourth-order valence-corrected chi connectivity index (χ4v) is 3.87. The average Bonchev–Trinajstić information content (AvgIpc) is 3.22. The van der Waals surface area contributed by atoms with E-state index in [-0.39, 0.29) is 0 Å². The Morgan fingerprint density at radius 2 is 2.14 bits per heavy atom. The van der Waals surface area contributed by atoms with E-state index < -0.39 is 0 Å². The van der Waals surface area contributed by atoms with E-state index in [1.54, 1.807) is 0 Å². The molecule has 2 fully saturated rings. The second-order valence-electron chi connectivity index (χ2n) is 6.44. The quantitative estimate of drug-likeness (QED) is 0.481. The number of nitrogens with one attached hydrogen (secondary N) is 2. The third-order valence-corrected chi connectivity index (χ3v) is 5.58. The number of aliphatic imine (C=N–C) groups is 1. The minimum atomic E-state index is 0.547. The van der Waals surface area contributed by atoms with Gasteiger partial charge in [0.05, 0.1) is 5.00 Å². The minimum Gasteiger partial charge on any atom is -0.363 e. The highest BCUT2D eigenvalue weighted by atomic mass is 32.1. The van der Waals surface area contributed by atoms with E-state index in [1.807, 2.05) is 18.4 Å². The summed E-state index contributed by atoms with van der Waals surface area (Å²) < 4.78 is 0. The SMILES string of the molecule is CN=C(NCCCC1CC1)NC1CCN(c2cccs2)CC1. The van der Waals surface area contributed by atoms with E-state index in [0.29, 0.717) is 6.04 Å². The number of thiophene rings is 1. The molecule has 1 aromatic heterocycles. The minimum absolute atomic E-state index is 0.547. The van der Waals surface area contributed by atoms with Gasteiger partial charge in [0.25, 0.3) is 0 Å². The van der Waals surface area contributed by atoms with Gasteiger partial charge in [-0.25, -0.2) is 0 Å². The van der Waals surface area contributed by atoms with Gasteiger partial charge in [-0.2, -0.15) is 0 Å². The Kier molecular flexibility index (Phi) is 5.59. The molecule has 0 amide bonds. The molecular weight excluding hydrogens is 292 g/mol. The molecule has 122 valence electrons. The number of piperidine rings is 1. The number of nitrogens with zero attached hydrogens (tertiary/aromatic N) is 2. The molecule has 1 aliphatic carbocycles. The molecule has 2 heterocycles. The highest BCUT2D eigenvalue weighted by Crippen LogP contribution is 2.33. The van der Waals surface area contributed by atoms with Crippen molar-refractivity contribution in [1.29, 1.82) is 0 Å². The summed E-state index contributed by atoms with van der Waals surface area (Å²) in [5.41, 5.74) is 0. The van der Waals surface area contributed by atoms with Gasteiger partial charge in [-0.3, -0.25) is 4.99 Å². The normalized spacial score (nSPS) is 20.2. The number of hydrogen-bond donors (Lipinski definition) is 2. The zero-order valence-electron chi connectivity index (χ0n) is 13.6. The molecule has 0 atom stereocenters. The Balaban J connectivity index is 1.35. The van der Waals surface area contributed by atoms with E-state index >= 15 is 0 Å². The summed E-state index contributed by atoms with van der Waals surface area (Å²) in [4.78, 5) is 6.86. The first kappa shape index (κ1) is 15.7. The monoisotopic (exact) mass is 320 g/mol. The second kappa shape index (κ2) is 7.86. The van der Waals surface area contributed by atoms with Gasteiger partial charge in [0, 0.05) is 32.7 Å². The molecule has 0 bridgehead atoms. The summed E-state index contributed by atoms with van der Waals surface area (Å²) in [5, 5.41) is 10.6. The third kappa shape index (κ3) is 4.63. The molecule has 1 saturated heterocycles. The maximum Gasteiger partial charge on any atom is 0.191 e. The van der Waals surface area contributed by atoms with Gasteiger partial charge in [-0.15, -0.1) is 11.3 Å². The summed E-state index contributed by atoms with van der Waals surface area (Å²) in [5.74, 6) is 2.00. The molecule has 1 saturated carbocycles. The summed E-state index contributed by atoms with van der Waals surface area (Å²) in [6, 6.07) is 4.90. The van der Waals surface area contributed by atoms with Gasteiger partial charge in [0.2, 0.25) is 0 Å². The van der Waals surface area contributed by atoms with Gasteiger partial charge < -0.3 is 15.5 Å². The van der Waals surface area contributed by atoms with Crippen molar-refractivity contribution in [3.05, 3.63) is 17.5 Å². The van der Waals surface area contributed by atoms with Crippen LogP contribution in [0.25, 0.3) is 0 Å². The van der Waals surface area contributed by atoms with E-state index in [0.717, 1.165) is 31.5 Å². The van der Waals surface area contributed by atoms with Crippen LogP contribution in [-0.2, 0) is 0 Å². The first-order chi connectivity index (χ1) is 10.8. The molecule has 1 aromatic rings. The second-order valence-corrected chi connectivity index (χ2v) is 7.37. The molecule has 0 unspecified atom stereocenters. The van der Waals surface area contributed by atoms with Gasteiger partial charge >= 0.3 is 0 Å². The lowest BCUT2D eigenvalue weighted by Crippen LogP contribution is -2.48. The van der Waals surface area contributed by atoms with Crippen molar-refractivity contribution < 1.29 is 0 Å². The van der Waals surface area contributed by atoms with E-state index in [1.165, 1.54) is 43.5 Å². The number of guanidine groups is 1. The Hall–Kier alpha value is -1.23. The predicted octanol–water partition coefficient (Wildman–Crippen LogP) is 3.07. The van der Waals surface area contributed by atoms with Crippen molar-refractivity contribution >= 4 is 22.3 Å². The van der Waals surface area contributed by atoms with Crippen molar-refractivity contribution in [3.8, 4) is 0 Å². The molecule has 1 aliphatic heterocycles. The predicted molar refractivity (Wildman–Crippen MR) is 96.0 cm³/mol. The van der Waals surface area contributed by atoms with Crippen molar-refractivity contribution in [2.75, 3.05) is 31.6 Å². The van der Waals surface area contributed by atoms with Gasteiger partial charge in [-0.05, 0) is 49.1 Å². The van der Waals surface area contributed by atoms with E-state index in [9.17, 15) is 0 Å². The molecule has 4 nitrogen and oxygen atoms in total. The highest BCUT2D eigenvalue weighted by Gasteiger charge is 2.21. The molecule has 5 heteroatoms. The first-order valence-electron chi connectivity index (χ1n) is 8.61. The van der Waals surface area contributed by atoms with Crippen molar-refractivity contribution in [2.24, 2.45) is 10.9 Å². The van der Waals surface area contributed by atoms with E-state index in [2.05, 4.69) is 38.0 Å². The lowest BCUT2D eigenvalue weighted by Gasteiger charge is -2.33. The van der Waals surface area contributed by atoms with Crippen LogP contribution in [0.2, 0.25) is 0 Å². The van der Waals surface area contributed by atoms with Crippen LogP contribution in [0.15, 0.2) is 22.5 Å². The van der Waals surface area contributed by atoms with Crippen LogP contribution in [0.5, 0.6) is 0 Å². The Labute approximate surface area is 138 Å². The zero-order chi connectivity index (χ0) is 15.2. The highest BCUT2D eigenvalue weighted by molar-refractivity contribution is 7.14. The smallest absolute Gasteiger partial charge is 0.191 e. The number of rotatable bonds is 6. The molecule has 22 heavy (non-hydrogen) atoms. The van der Waals surface area contributed by atoms with Crippen LogP contribution in [0.3, 0.4) is 0 Å². The summed E-state index contributed by atoms with van der Waals surface area (Å²) in [6.45, 7) is 3.32. The Bertz CT molecular complexity index is 459. The molecule has 2 N–H and O–H groups in total. The largest absolute Gasteiger partial charge is 0.363 e. The lowest BCUT2D eigenvalue weighted by atomic mass is 10.1. The molecule has 2 aliphatic rings. The van der Waals surface area contributed by atoms with Crippen LogP contribution >= 0.6 is 11.3 Å². The van der Waals surface area contributed by atoms with Crippen molar-refractivity contribution in [3.63, 3.8) is 0 Å². The average molecular weight is 321 g/mol. The lowest BCUT2D eigenvalue weighted by molar-refractivity contribution is 0.462. The fraction of sp³-hybridized carbons (Fsp3) is 0.706. The molecular formula is C17H28N4S. The number of anilines is 1. The third-order valence-electron chi connectivity index (χ3n) is 4.66. The Morgan fingerprint density at radius 3 is 2.77 bits per heavy atom. The summed E-state index contributed by atoms with van der Waals surface area (Å²) >= 11 is 1.84. The Morgan fingerprint density at radius 1 is 1.32 bits per heavy atom. The van der Waals surface area contributed by atoms with Crippen LogP contribution < -0.4 is 15.5 Å². The zero-order valence-corrected chi connectivity index (χ0v) is 14.4. The van der Waals surface area contributed by atoms with Crippen LogP contribution in [0.1, 0.15) is 38.5 Å².